The van der Waals surface area contributed by atoms with E-state index in [1.54, 1.807) is 12.1 Å². The molecule has 1 aromatic heterocycles. The molecule has 0 amide bonds. The first kappa shape index (κ1) is 13.9. The molecule has 0 saturated heterocycles. The van der Waals surface area contributed by atoms with Gasteiger partial charge in [0.05, 0.1) is 6.54 Å². The molecule has 0 aliphatic heterocycles. The highest BCUT2D eigenvalue weighted by Gasteiger charge is 2.33. The number of nitrogens with zero attached hydrogens (tertiary/aromatic N) is 2. The maximum Gasteiger partial charge on any atom is 0.435 e. The van der Waals surface area contributed by atoms with Crippen LogP contribution in [-0.4, -0.2) is 16.4 Å². The lowest BCUT2D eigenvalue weighted by Crippen LogP contribution is -2.11. The Balaban J connectivity index is 1.88. The van der Waals surface area contributed by atoms with Crippen LogP contribution in [0.5, 0.6) is 5.75 Å². The van der Waals surface area contributed by atoms with Gasteiger partial charge in [-0.1, -0.05) is 22.0 Å². The van der Waals surface area contributed by atoms with Gasteiger partial charge in [0.15, 0.2) is 5.69 Å². The van der Waals surface area contributed by atoms with Gasteiger partial charge in [-0.3, -0.25) is 4.68 Å². The van der Waals surface area contributed by atoms with Gasteiger partial charge in [-0.05, 0) is 24.3 Å². The van der Waals surface area contributed by atoms with Crippen molar-refractivity contribution < 1.29 is 17.9 Å². The first-order valence-corrected chi connectivity index (χ1v) is 6.23. The average Bonchev–Trinajstić information content (AvgIpc) is 2.77. The van der Waals surface area contributed by atoms with Gasteiger partial charge in [0.25, 0.3) is 0 Å². The second-order valence-corrected chi connectivity index (χ2v) is 4.68. The van der Waals surface area contributed by atoms with E-state index in [0.29, 0.717) is 5.75 Å². The molecule has 0 fully saturated rings. The molecule has 1 aromatic carbocycles. The van der Waals surface area contributed by atoms with Gasteiger partial charge in [-0.2, -0.15) is 18.3 Å². The topological polar surface area (TPSA) is 27.1 Å². The van der Waals surface area contributed by atoms with Crippen LogP contribution in [-0.2, 0) is 12.7 Å². The predicted molar refractivity (Wildman–Crippen MR) is 66.9 cm³/mol. The first-order valence-electron chi connectivity index (χ1n) is 5.44. The molecule has 1 heterocycles. The molecule has 0 aliphatic carbocycles. The van der Waals surface area contributed by atoms with Crippen molar-refractivity contribution in [1.82, 2.24) is 9.78 Å². The summed E-state index contributed by atoms with van der Waals surface area (Å²) >= 11 is 3.30. The van der Waals surface area contributed by atoms with E-state index < -0.39 is 11.9 Å². The van der Waals surface area contributed by atoms with E-state index in [1.807, 2.05) is 12.1 Å². The summed E-state index contributed by atoms with van der Waals surface area (Å²) in [6.45, 7) is 0.498. The Kier molecular flexibility index (Phi) is 4.14. The summed E-state index contributed by atoms with van der Waals surface area (Å²) in [5.41, 5.74) is -0.894. The van der Waals surface area contributed by atoms with Crippen LogP contribution in [0.4, 0.5) is 13.2 Å². The Bertz CT molecular complexity index is 554. The third-order valence-electron chi connectivity index (χ3n) is 2.32. The van der Waals surface area contributed by atoms with Crippen LogP contribution in [0.2, 0.25) is 0 Å². The molecule has 7 heteroatoms. The number of ether oxygens (including phenoxy) is 1. The molecule has 0 bridgehead atoms. The van der Waals surface area contributed by atoms with Crippen LogP contribution in [0.25, 0.3) is 0 Å². The van der Waals surface area contributed by atoms with Gasteiger partial charge in [-0.15, -0.1) is 0 Å². The van der Waals surface area contributed by atoms with Crippen LogP contribution < -0.4 is 4.74 Å². The molecular weight excluding hydrogens is 325 g/mol. The Morgan fingerprint density at radius 2 is 2.05 bits per heavy atom. The second kappa shape index (κ2) is 5.64. The van der Waals surface area contributed by atoms with E-state index in [0.717, 1.165) is 10.5 Å². The molecule has 2 aromatic rings. The molecule has 0 aliphatic rings. The van der Waals surface area contributed by atoms with Crippen LogP contribution in [0.15, 0.2) is 41.0 Å². The van der Waals surface area contributed by atoms with E-state index in [-0.39, 0.29) is 13.2 Å². The minimum Gasteiger partial charge on any atom is -0.492 e. The lowest BCUT2D eigenvalue weighted by Gasteiger charge is -2.06. The smallest absolute Gasteiger partial charge is 0.435 e. The lowest BCUT2D eigenvalue weighted by molar-refractivity contribution is -0.141. The molecule has 19 heavy (non-hydrogen) atoms. The largest absolute Gasteiger partial charge is 0.492 e. The molecule has 0 atom stereocenters. The Labute approximate surface area is 116 Å². The fourth-order valence-corrected chi connectivity index (χ4v) is 1.83. The number of benzene rings is 1. The third kappa shape index (κ3) is 3.99. The van der Waals surface area contributed by atoms with E-state index >= 15 is 0 Å². The van der Waals surface area contributed by atoms with Gasteiger partial charge in [0, 0.05) is 10.7 Å². The second-order valence-electron chi connectivity index (χ2n) is 3.77. The molecule has 0 saturated carbocycles. The fraction of sp³-hybridized carbons (Fsp3) is 0.250. The molecule has 0 radical (unpaired) electrons. The zero-order valence-electron chi connectivity index (χ0n) is 9.69. The molecule has 3 nitrogen and oxygen atoms in total. The van der Waals surface area contributed by atoms with E-state index in [4.69, 9.17) is 4.74 Å². The Hall–Kier alpha value is -1.50. The summed E-state index contributed by atoms with van der Waals surface area (Å²) in [6.07, 6.45) is -3.12. The quantitative estimate of drug-likeness (QED) is 0.851. The van der Waals surface area contributed by atoms with Crippen LogP contribution >= 0.6 is 15.9 Å². The van der Waals surface area contributed by atoms with Crippen molar-refractivity contribution in [1.29, 1.82) is 0 Å². The van der Waals surface area contributed by atoms with Crippen molar-refractivity contribution >= 4 is 15.9 Å². The summed E-state index contributed by atoms with van der Waals surface area (Å²) in [5.74, 6) is 0.651. The van der Waals surface area contributed by atoms with Crippen molar-refractivity contribution in [2.24, 2.45) is 0 Å². The Morgan fingerprint density at radius 3 is 2.68 bits per heavy atom. The van der Waals surface area contributed by atoms with Crippen LogP contribution in [0.3, 0.4) is 0 Å². The van der Waals surface area contributed by atoms with Gasteiger partial charge >= 0.3 is 6.18 Å². The van der Waals surface area contributed by atoms with Crippen molar-refractivity contribution in [2.45, 2.75) is 12.7 Å². The number of alkyl halides is 3. The summed E-state index contributed by atoms with van der Waals surface area (Å²) < 4.78 is 44.5. The maximum absolute atomic E-state index is 12.3. The van der Waals surface area contributed by atoms with Crippen LogP contribution in [0, 0.1) is 0 Å². The minimum atomic E-state index is -4.41. The maximum atomic E-state index is 12.3. The highest BCUT2D eigenvalue weighted by atomic mass is 79.9. The number of rotatable bonds is 4. The van der Waals surface area contributed by atoms with Gasteiger partial charge in [0.1, 0.15) is 12.4 Å². The van der Waals surface area contributed by atoms with Gasteiger partial charge in [-0.25, -0.2) is 0 Å². The molecule has 0 spiro atoms. The predicted octanol–water partition coefficient (Wildman–Crippen LogP) is 3.74. The molecule has 102 valence electrons. The minimum absolute atomic E-state index is 0.245. The van der Waals surface area contributed by atoms with Crippen molar-refractivity contribution in [3.8, 4) is 5.75 Å². The molecular formula is C12H10BrF3N2O. The highest BCUT2D eigenvalue weighted by molar-refractivity contribution is 9.10. The molecule has 2 rings (SSSR count). The lowest BCUT2D eigenvalue weighted by atomic mass is 10.3. The zero-order chi connectivity index (χ0) is 13.9. The molecule has 0 N–H and O–H groups in total. The zero-order valence-corrected chi connectivity index (χ0v) is 11.3. The number of halogens is 4. The third-order valence-corrected chi connectivity index (χ3v) is 2.81. The van der Waals surface area contributed by atoms with Gasteiger partial charge in [0.2, 0.25) is 0 Å². The summed E-state index contributed by atoms with van der Waals surface area (Å²) in [4.78, 5) is 0. The standard InChI is InChI=1S/C12H10BrF3N2O/c13-9-2-1-3-10(8-9)19-7-6-18-5-4-11(17-18)12(14,15)16/h1-5,8H,6-7H2. The number of aromatic nitrogens is 2. The monoisotopic (exact) mass is 334 g/mol. The fourth-order valence-electron chi connectivity index (χ4n) is 1.45. The normalized spacial score (nSPS) is 11.6. The summed E-state index contributed by atoms with van der Waals surface area (Å²) in [7, 11) is 0. The van der Waals surface area contributed by atoms with E-state index in [2.05, 4.69) is 21.0 Å². The van der Waals surface area contributed by atoms with Gasteiger partial charge < -0.3 is 4.74 Å². The van der Waals surface area contributed by atoms with Crippen molar-refractivity contribution in [3.05, 3.63) is 46.7 Å². The SMILES string of the molecule is FC(F)(F)c1ccn(CCOc2cccc(Br)c2)n1. The number of hydrogen-bond donors (Lipinski definition) is 0. The highest BCUT2D eigenvalue weighted by Crippen LogP contribution is 2.27. The first-order chi connectivity index (χ1) is 8.95. The summed E-state index contributed by atoms with van der Waals surface area (Å²) in [6, 6.07) is 8.17. The summed E-state index contributed by atoms with van der Waals surface area (Å²) in [5, 5.41) is 3.43. The van der Waals surface area contributed by atoms with Crippen molar-refractivity contribution in [3.63, 3.8) is 0 Å². The average molecular weight is 335 g/mol. The number of hydrogen-bond acceptors (Lipinski definition) is 2. The van der Waals surface area contributed by atoms with E-state index in [1.165, 1.54) is 10.9 Å². The van der Waals surface area contributed by atoms with Crippen molar-refractivity contribution in [2.75, 3.05) is 6.61 Å². The molecule has 0 unspecified atom stereocenters. The van der Waals surface area contributed by atoms with E-state index in [9.17, 15) is 13.2 Å². The Morgan fingerprint density at radius 1 is 1.26 bits per heavy atom. The van der Waals surface area contributed by atoms with Crippen LogP contribution in [0.1, 0.15) is 5.69 Å².